The van der Waals surface area contributed by atoms with Gasteiger partial charge in [-0.25, -0.2) is 0 Å². The average Bonchev–Trinajstić information content (AvgIpc) is 2.89. The van der Waals surface area contributed by atoms with Gasteiger partial charge in [-0.3, -0.25) is 9.59 Å². The number of primary amides is 1. The highest BCUT2D eigenvalue weighted by atomic mass is 16.5. The summed E-state index contributed by atoms with van der Waals surface area (Å²) in [5, 5.41) is 0. The van der Waals surface area contributed by atoms with Crippen LogP contribution in [0.2, 0.25) is 0 Å². The molecule has 0 bridgehead atoms. The molecule has 0 radical (unpaired) electrons. The van der Waals surface area contributed by atoms with Gasteiger partial charge in [-0.1, -0.05) is 37.6 Å². The first-order valence-corrected chi connectivity index (χ1v) is 9.06. The smallest absolute Gasteiger partial charge is 0.305 e. The van der Waals surface area contributed by atoms with Crippen LogP contribution < -0.4 is 5.73 Å². The first kappa shape index (κ1) is 19.8. The minimum Gasteiger partial charge on any atom is -0.469 e. The molecule has 1 aromatic carbocycles. The van der Waals surface area contributed by atoms with E-state index in [2.05, 4.69) is 11.5 Å². The molecule has 2 N–H and O–H groups in total. The van der Waals surface area contributed by atoms with Crippen LogP contribution >= 0.6 is 0 Å². The Morgan fingerprint density at radius 2 is 1.88 bits per heavy atom. The molecular weight excluding hydrogens is 328 g/mol. The highest BCUT2D eigenvalue weighted by Crippen LogP contribution is 2.35. The number of nitrogens with zero attached hydrogens (tertiary/aromatic N) is 1. The van der Waals surface area contributed by atoms with E-state index in [1.165, 1.54) is 7.11 Å². The maximum atomic E-state index is 12.3. The van der Waals surface area contributed by atoms with Crippen molar-refractivity contribution in [1.82, 2.24) is 4.57 Å². The fraction of sp³-hybridized carbons (Fsp3) is 0.429. The highest BCUT2D eigenvalue weighted by Gasteiger charge is 2.25. The molecule has 0 unspecified atom stereocenters. The number of amides is 1. The minimum absolute atomic E-state index is 0.262. The average molecular weight is 356 g/mol. The zero-order valence-electron chi connectivity index (χ0n) is 16.1. The molecule has 0 fully saturated rings. The Morgan fingerprint density at radius 1 is 1.19 bits per heavy atom. The van der Waals surface area contributed by atoms with E-state index in [-0.39, 0.29) is 12.4 Å². The molecule has 5 heteroatoms. The molecule has 140 valence electrons. The van der Waals surface area contributed by atoms with E-state index in [9.17, 15) is 9.59 Å². The Kier molecular flexibility index (Phi) is 6.61. The zero-order chi connectivity index (χ0) is 19.3. The molecule has 0 aliphatic rings. The second-order valence-electron chi connectivity index (χ2n) is 6.54. The van der Waals surface area contributed by atoms with Gasteiger partial charge in [-0.15, -0.1) is 0 Å². The van der Waals surface area contributed by atoms with E-state index in [1.54, 1.807) is 0 Å². The third-order valence-corrected chi connectivity index (χ3v) is 4.82. The lowest BCUT2D eigenvalue weighted by molar-refractivity contribution is -0.140. The summed E-state index contributed by atoms with van der Waals surface area (Å²) in [7, 11) is 1.39. The molecule has 0 atom stereocenters. The summed E-state index contributed by atoms with van der Waals surface area (Å²) in [5.74, 6) is -0.697. The summed E-state index contributed by atoms with van der Waals surface area (Å²) < 4.78 is 6.95. The Labute approximate surface area is 155 Å². The van der Waals surface area contributed by atoms with Gasteiger partial charge in [-0.05, 0) is 37.8 Å². The minimum atomic E-state index is -0.435. The largest absolute Gasteiger partial charge is 0.469 e. The van der Waals surface area contributed by atoms with Gasteiger partial charge in [0.2, 0.25) is 0 Å². The number of aromatic nitrogens is 1. The molecule has 2 rings (SSSR count). The zero-order valence-corrected chi connectivity index (χ0v) is 16.1. The number of hydrogen-bond acceptors (Lipinski definition) is 3. The van der Waals surface area contributed by atoms with Crippen LogP contribution in [-0.4, -0.2) is 23.6 Å². The number of carbonyl (C=O) groups is 2. The third-order valence-electron chi connectivity index (χ3n) is 4.82. The Morgan fingerprint density at radius 3 is 2.46 bits per heavy atom. The topological polar surface area (TPSA) is 74.3 Å². The van der Waals surface area contributed by atoms with E-state index in [0.29, 0.717) is 12.0 Å². The van der Waals surface area contributed by atoms with Crippen molar-refractivity contribution in [3.63, 3.8) is 0 Å². The fourth-order valence-corrected chi connectivity index (χ4v) is 3.44. The number of carbonyl (C=O) groups excluding carboxylic acids is 2. The predicted octanol–water partition coefficient (Wildman–Crippen LogP) is 3.78. The number of unbranched alkanes of at least 4 members (excludes halogenated alkanes) is 1. The van der Waals surface area contributed by atoms with Crippen molar-refractivity contribution in [1.29, 1.82) is 0 Å². The van der Waals surface area contributed by atoms with Crippen molar-refractivity contribution >= 4 is 11.9 Å². The van der Waals surface area contributed by atoms with Gasteiger partial charge in [-0.2, -0.15) is 0 Å². The Hall–Kier alpha value is -2.56. The van der Waals surface area contributed by atoms with Gasteiger partial charge in [0.25, 0.3) is 5.91 Å². The molecule has 0 aliphatic heterocycles. The lowest BCUT2D eigenvalue weighted by Crippen LogP contribution is -2.13. The number of ether oxygens (including phenoxy) is 1. The molecule has 0 aliphatic carbocycles. The maximum absolute atomic E-state index is 12.3. The summed E-state index contributed by atoms with van der Waals surface area (Å²) in [4.78, 5) is 24.0. The normalized spacial score (nSPS) is 10.8. The third kappa shape index (κ3) is 3.98. The standard InChI is InChI=1S/C21H28N2O3/c1-5-6-13-23-15(3)19(21(22)25)20(16-10-8-7-9-14(16)2)17(23)11-12-18(24)26-4/h7-10H,5-6,11-13H2,1-4H3,(H2,22,25). The fourth-order valence-electron chi connectivity index (χ4n) is 3.44. The number of nitrogens with two attached hydrogens (primary N) is 1. The van der Waals surface area contributed by atoms with Crippen LogP contribution in [0.1, 0.15) is 53.5 Å². The van der Waals surface area contributed by atoms with Crippen LogP contribution in [0.25, 0.3) is 11.1 Å². The summed E-state index contributed by atoms with van der Waals surface area (Å²) in [6.45, 7) is 6.87. The van der Waals surface area contributed by atoms with Gasteiger partial charge in [0.05, 0.1) is 19.1 Å². The second kappa shape index (κ2) is 8.70. The SMILES string of the molecule is CCCCn1c(C)c(C(N)=O)c(-c2ccccc2C)c1CCC(=O)OC. The van der Waals surface area contributed by atoms with E-state index in [4.69, 9.17) is 10.5 Å². The number of esters is 1. The molecule has 1 heterocycles. The summed E-state index contributed by atoms with van der Waals surface area (Å²) in [5.41, 5.74) is 11.1. The van der Waals surface area contributed by atoms with Crippen molar-refractivity contribution in [2.75, 3.05) is 7.11 Å². The lowest BCUT2D eigenvalue weighted by Gasteiger charge is -2.13. The highest BCUT2D eigenvalue weighted by molar-refractivity contribution is 6.02. The van der Waals surface area contributed by atoms with Gasteiger partial charge in [0, 0.05) is 23.5 Å². The van der Waals surface area contributed by atoms with Crippen LogP contribution in [0.4, 0.5) is 0 Å². The molecular formula is C21H28N2O3. The first-order valence-electron chi connectivity index (χ1n) is 9.06. The van der Waals surface area contributed by atoms with Crippen molar-refractivity contribution in [3.05, 3.63) is 46.8 Å². The molecule has 2 aromatic rings. The molecule has 0 spiro atoms. The van der Waals surface area contributed by atoms with Gasteiger partial charge < -0.3 is 15.0 Å². The van der Waals surface area contributed by atoms with Crippen LogP contribution in [-0.2, 0) is 22.5 Å². The van der Waals surface area contributed by atoms with Crippen molar-refractivity contribution < 1.29 is 14.3 Å². The first-order chi connectivity index (χ1) is 12.4. The van der Waals surface area contributed by atoms with Crippen LogP contribution in [0.3, 0.4) is 0 Å². The van der Waals surface area contributed by atoms with Crippen LogP contribution in [0, 0.1) is 13.8 Å². The number of hydrogen-bond donors (Lipinski definition) is 1. The van der Waals surface area contributed by atoms with E-state index in [0.717, 1.165) is 47.5 Å². The van der Waals surface area contributed by atoms with Crippen LogP contribution in [0.15, 0.2) is 24.3 Å². The number of aryl methyl sites for hydroxylation is 1. The number of benzene rings is 1. The van der Waals surface area contributed by atoms with Gasteiger partial charge >= 0.3 is 5.97 Å². The number of rotatable bonds is 8. The molecule has 0 saturated heterocycles. The molecule has 1 amide bonds. The Balaban J connectivity index is 2.70. The maximum Gasteiger partial charge on any atom is 0.305 e. The molecule has 0 saturated carbocycles. The monoisotopic (exact) mass is 356 g/mol. The van der Waals surface area contributed by atoms with Gasteiger partial charge in [0.1, 0.15) is 0 Å². The summed E-state index contributed by atoms with van der Waals surface area (Å²) >= 11 is 0. The van der Waals surface area contributed by atoms with Crippen molar-refractivity contribution in [3.8, 4) is 11.1 Å². The lowest BCUT2D eigenvalue weighted by atomic mass is 9.94. The quantitative estimate of drug-likeness (QED) is 0.732. The van der Waals surface area contributed by atoms with Gasteiger partial charge in [0.15, 0.2) is 0 Å². The van der Waals surface area contributed by atoms with Crippen LogP contribution in [0.5, 0.6) is 0 Å². The molecule has 5 nitrogen and oxygen atoms in total. The van der Waals surface area contributed by atoms with Crippen molar-refractivity contribution in [2.24, 2.45) is 5.73 Å². The van der Waals surface area contributed by atoms with E-state index < -0.39 is 5.91 Å². The predicted molar refractivity (Wildman–Crippen MR) is 103 cm³/mol. The van der Waals surface area contributed by atoms with Crippen molar-refractivity contribution in [2.45, 2.75) is 53.0 Å². The second-order valence-corrected chi connectivity index (χ2v) is 6.54. The Bertz CT molecular complexity index is 806. The summed E-state index contributed by atoms with van der Waals surface area (Å²) in [6.07, 6.45) is 2.81. The molecule has 1 aromatic heterocycles. The molecule has 26 heavy (non-hydrogen) atoms. The summed E-state index contributed by atoms with van der Waals surface area (Å²) in [6, 6.07) is 7.94. The van der Waals surface area contributed by atoms with E-state index in [1.807, 2.05) is 38.1 Å². The van der Waals surface area contributed by atoms with E-state index >= 15 is 0 Å². The number of methoxy groups -OCH3 is 1.